The van der Waals surface area contributed by atoms with Gasteiger partial charge in [-0.15, -0.1) is 0 Å². The van der Waals surface area contributed by atoms with E-state index in [1.54, 1.807) is 24.3 Å². The molecule has 0 atom stereocenters. The van der Waals surface area contributed by atoms with Crippen LogP contribution in [-0.4, -0.2) is 10.1 Å². The fraction of sp³-hybridized carbons (Fsp3) is 0.143. The predicted molar refractivity (Wildman–Crippen MR) is 79.2 cm³/mol. The van der Waals surface area contributed by atoms with Gasteiger partial charge in [0.25, 0.3) is 5.89 Å². The van der Waals surface area contributed by atoms with Gasteiger partial charge in [-0.1, -0.05) is 34.4 Å². The van der Waals surface area contributed by atoms with Gasteiger partial charge >= 0.3 is 0 Å². The molecule has 0 aliphatic heterocycles. The molecular formula is C14H11Cl2N3O2. The second-order valence-electron chi connectivity index (χ2n) is 4.40. The molecule has 5 nitrogen and oxygen atoms in total. The number of nitrogens with zero attached hydrogens (tertiary/aromatic N) is 2. The fourth-order valence-electron chi connectivity index (χ4n) is 1.86. The summed E-state index contributed by atoms with van der Waals surface area (Å²) in [5.41, 5.74) is 6.36. The zero-order valence-electron chi connectivity index (χ0n) is 10.8. The smallest absolute Gasteiger partial charge is 0.293 e. The van der Waals surface area contributed by atoms with E-state index in [2.05, 4.69) is 10.1 Å². The fourth-order valence-corrected chi connectivity index (χ4v) is 2.34. The summed E-state index contributed by atoms with van der Waals surface area (Å²) in [5, 5.41) is 5.07. The van der Waals surface area contributed by atoms with Crippen LogP contribution in [0.25, 0.3) is 11.7 Å². The maximum Gasteiger partial charge on any atom is 0.293 e. The highest BCUT2D eigenvalue weighted by Crippen LogP contribution is 2.24. The lowest BCUT2D eigenvalue weighted by Crippen LogP contribution is -1.92. The standard InChI is InChI=1S/C14H11Cl2N3O2/c15-9-2-1-8(11(16)6-9)5-13-18-14(21-19-13)12-4-3-10(7-17)20-12/h1-4,6H,5,7,17H2. The second-order valence-corrected chi connectivity index (χ2v) is 5.24. The lowest BCUT2D eigenvalue weighted by atomic mass is 10.1. The lowest BCUT2D eigenvalue weighted by molar-refractivity contribution is 0.406. The molecule has 0 aliphatic rings. The van der Waals surface area contributed by atoms with Crippen molar-refractivity contribution in [2.75, 3.05) is 0 Å². The van der Waals surface area contributed by atoms with Crippen molar-refractivity contribution in [2.24, 2.45) is 5.73 Å². The van der Waals surface area contributed by atoms with Crippen LogP contribution in [0.4, 0.5) is 0 Å². The molecule has 0 unspecified atom stereocenters. The van der Waals surface area contributed by atoms with Crippen molar-refractivity contribution in [3.8, 4) is 11.7 Å². The van der Waals surface area contributed by atoms with Crippen LogP contribution in [0.15, 0.2) is 39.3 Å². The van der Waals surface area contributed by atoms with Gasteiger partial charge in [0.2, 0.25) is 0 Å². The summed E-state index contributed by atoms with van der Waals surface area (Å²) in [6.45, 7) is 0.321. The molecule has 2 N–H and O–H groups in total. The first-order valence-corrected chi connectivity index (χ1v) is 6.97. The molecule has 3 aromatic rings. The Hall–Kier alpha value is -1.82. The molecule has 0 fully saturated rings. The molecule has 2 heterocycles. The Morgan fingerprint density at radius 2 is 2.00 bits per heavy atom. The van der Waals surface area contributed by atoms with Gasteiger partial charge < -0.3 is 14.7 Å². The molecule has 21 heavy (non-hydrogen) atoms. The van der Waals surface area contributed by atoms with Crippen molar-refractivity contribution < 1.29 is 8.94 Å². The minimum absolute atomic E-state index is 0.315. The van der Waals surface area contributed by atoms with E-state index in [1.165, 1.54) is 0 Å². The highest BCUT2D eigenvalue weighted by molar-refractivity contribution is 6.35. The Bertz CT molecular complexity index is 767. The van der Waals surface area contributed by atoms with E-state index >= 15 is 0 Å². The third-order valence-electron chi connectivity index (χ3n) is 2.91. The van der Waals surface area contributed by atoms with Gasteiger partial charge in [0.1, 0.15) is 5.76 Å². The quantitative estimate of drug-likeness (QED) is 0.792. The van der Waals surface area contributed by atoms with Crippen LogP contribution in [0.5, 0.6) is 0 Å². The second kappa shape index (κ2) is 5.89. The van der Waals surface area contributed by atoms with Gasteiger partial charge in [-0.2, -0.15) is 4.98 Å². The van der Waals surface area contributed by atoms with Crippen molar-refractivity contribution >= 4 is 23.2 Å². The summed E-state index contributed by atoms with van der Waals surface area (Å²) in [6, 6.07) is 8.80. The molecule has 0 saturated carbocycles. The SMILES string of the molecule is NCc1ccc(-c2nc(Cc3ccc(Cl)cc3Cl)no2)o1. The maximum absolute atomic E-state index is 6.12. The van der Waals surface area contributed by atoms with Crippen molar-refractivity contribution in [3.63, 3.8) is 0 Å². The number of halogens is 2. The number of aromatic nitrogens is 2. The average molecular weight is 324 g/mol. The Kier molecular flexibility index (Phi) is 3.96. The van der Waals surface area contributed by atoms with Gasteiger partial charge in [0, 0.05) is 16.5 Å². The van der Waals surface area contributed by atoms with E-state index in [4.69, 9.17) is 37.9 Å². The molecule has 108 valence electrons. The van der Waals surface area contributed by atoms with Crippen LogP contribution in [-0.2, 0) is 13.0 Å². The molecule has 0 amide bonds. The first-order chi connectivity index (χ1) is 10.2. The summed E-state index contributed by atoms with van der Waals surface area (Å²) in [7, 11) is 0. The molecule has 0 bridgehead atoms. The van der Waals surface area contributed by atoms with Crippen LogP contribution in [0.3, 0.4) is 0 Å². The first kappa shape index (κ1) is 14.1. The maximum atomic E-state index is 6.12. The number of furan rings is 1. The summed E-state index contributed by atoms with van der Waals surface area (Å²) in [5.74, 6) is 1.98. The predicted octanol–water partition coefficient (Wildman–Crippen LogP) is 3.69. The van der Waals surface area contributed by atoms with Crippen molar-refractivity contribution in [2.45, 2.75) is 13.0 Å². The van der Waals surface area contributed by atoms with Crippen LogP contribution in [0, 0.1) is 0 Å². The molecule has 0 aliphatic carbocycles. The molecule has 7 heteroatoms. The molecule has 0 saturated heterocycles. The third-order valence-corrected chi connectivity index (χ3v) is 3.49. The molecule has 1 aromatic carbocycles. The summed E-state index contributed by atoms with van der Waals surface area (Å²) in [4.78, 5) is 4.28. The zero-order valence-corrected chi connectivity index (χ0v) is 12.4. The van der Waals surface area contributed by atoms with Gasteiger partial charge in [0.05, 0.1) is 6.54 Å². The van der Waals surface area contributed by atoms with E-state index in [9.17, 15) is 0 Å². The van der Waals surface area contributed by atoms with E-state index in [0.717, 1.165) is 5.56 Å². The summed E-state index contributed by atoms with van der Waals surface area (Å²) >= 11 is 12.0. The number of hydrogen-bond acceptors (Lipinski definition) is 5. The largest absolute Gasteiger partial charge is 0.455 e. The van der Waals surface area contributed by atoms with Gasteiger partial charge in [-0.05, 0) is 29.8 Å². The number of hydrogen-bond donors (Lipinski definition) is 1. The van der Waals surface area contributed by atoms with Crippen molar-refractivity contribution in [3.05, 3.63) is 57.5 Å². The Balaban J connectivity index is 1.81. The van der Waals surface area contributed by atoms with Crippen LogP contribution in [0.1, 0.15) is 17.1 Å². The monoisotopic (exact) mass is 323 g/mol. The number of nitrogens with two attached hydrogens (primary N) is 1. The molecule has 2 aromatic heterocycles. The number of benzene rings is 1. The van der Waals surface area contributed by atoms with Crippen LogP contribution in [0.2, 0.25) is 10.0 Å². The highest BCUT2D eigenvalue weighted by Gasteiger charge is 2.14. The molecule has 0 radical (unpaired) electrons. The Labute approximate surface area is 130 Å². The number of rotatable bonds is 4. The minimum atomic E-state index is 0.315. The highest BCUT2D eigenvalue weighted by atomic mass is 35.5. The topological polar surface area (TPSA) is 78.1 Å². The molecular weight excluding hydrogens is 313 g/mol. The lowest BCUT2D eigenvalue weighted by Gasteiger charge is -2.00. The first-order valence-electron chi connectivity index (χ1n) is 6.21. The average Bonchev–Trinajstić information content (AvgIpc) is 3.10. The van der Waals surface area contributed by atoms with Crippen molar-refractivity contribution in [1.29, 1.82) is 0 Å². The zero-order chi connectivity index (χ0) is 14.8. The Morgan fingerprint density at radius 3 is 2.71 bits per heavy atom. The van der Waals surface area contributed by atoms with Gasteiger partial charge in [0.15, 0.2) is 11.6 Å². The van der Waals surface area contributed by atoms with Crippen LogP contribution < -0.4 is 5.73 Å². The summed E-state index contributed by atoms with van der Waals surface area (Å²) in [6.07, 6.45) is 0.448. The minimum Gasteiger partial charge on any atom is -0.455 e. The Morgan fingerprint density at radius 1 is 1.14 bits per heavy atom. The summed E-state index contributed by atoms with van der Waals surface area (Å²) < 4.78 is 10.6. The van der Waals surface area contributed by atoms with E-state index < -0.39 is 0 Å². The normalized spacial score (nSPS) is 11.0. The van der Waals surface area contributed by atoms with Gasteiger partial charge in [-0.25, -0.2) is 0 Å². The molecule has 3 rings (SSSR count). The van der Waals surface area contributed by atoms with Crippen LogP contribution >= 0.6 is 23.2 Å². The molecule has 0 spiro atoms. The van der Waals surface area contributed by atoms with E-state index in [-0.39, 0.29) is 0 Å². The third kappa shape index (κ3) is 3.10. The van der Waals surface area contributed by atoms with Gasteiger partial charge in [-0.3, -0.25) is 0 Å². The van der Waals surface area contributed by atoms with Crippen molar-refractivity contribution in [1.82, 2.24) is 10.1 Å². The van der Waals surface area contributed by atoms with E-state index in [1.807, 2.05) is 6.07 Å². The van der Waals surface area contributed by atoms with E-state index in [0.29, 0.717) is 46.2 Å².